The van der Waals surface area contributed by atoms with Gasteiger partial charge >= 0.3 is 11.9 Å². The Labute approximate surface area is 167 Å². The molecule has 0 radical (unpaired) electrons. The molecule has 4 N–H and O–H groups in total. The lowest BCUT2D eigenvalue weighted by Gasteiger charge is -2.19. The summed E-state index contributed by atoms with van der Waals surface area (Å²) in [4.78, 5) is 24.8. The summed E-state index contributed by atoms with van der Waals surface area (Å²) < 4.78 is 16.7. The van der Waals surface area contributed by atoms with Gasteiger partial charge in [-0.25, -0.2) is 9.59 Å². The first-order valence-electron chi connectivity index (χ1n) is 9.15. The second-order valence-electron chi connectivity index (χ2n) is 6.97. The van der Waals surface area contributed by atoms with Gasteiger partial charge in [-0.3, -0.25) is 0 Å². The predicted molar refractivity (Wildman–Crippen MR) is 105 cm³/mol. The highest BCUT2D eigenvalue weighted by molar-refractivity contribution is 6.00. The Morgan fingerprint density at radius 2 is 1.90 bits per heavy atom. The fourth-order valence-electron chi connectivity index (χ4n) is 3.33. The maximum absolute atomic E-state index is 12.9. The lowest BCUT2D eigenvalue weighted by Crippen LogP contribution is -2.22. The maximum Gasteiger partial charge on any atom is 0.347 e. The molecule has 0 spiro atoms. The smallest absolute Gasteiger partial charge is 0.347 e. The van der Waals surface area contributed by atoms with Crippen molar-refractivity contribution in [2.75, 3.05) is 7.11 Å². The Hall–Kier alpha value is -3.26. The minimum Gasteiger partial charge on any atom is -0.508 e. The number of carboxylic acids is 1. The van der Waals surface area contributed by atoms with Gasteiger partial charge in [-0.05, 0) is 44.4 Å². The zero-order valence-electron chi connectivity index (χ0n) is 16.7. The second kappa shape index (κ2) is 7.63. The summed E-state index contributed by atoms with van der Waals surface area (Å²) >= 11 is 0. The van der Waals surface area contributed by atoms with E-state index in [0.29, 0.717) is 23.1 Å². The van der Waals surface area contributed by atoms with E-state index in [2.05, 4.69) is 0 Å². The van der Waals surface area contributed by atoms with Crippen molar-refractivity contribution < 1.29 is 34.0 Å². The van der Waals surface area contributed by atoms with E-state index in [1.54, 1.807) is 13.8 Å². The summed E-state index contributed by atoms with van der Waals surface area (Å²) in [6.07, 6.45) is 0.880. The molecule has 8 nitrogen and oxygen atoms in total. The molecule has 0 saturated heterocycles. The fourth-order valence-corrected chi connectivity index (χ4v) is 3.33. The maximum atomic E-state index is 12.9. The van der Waals surface area contributed by atoms with E-state index < -0.39 is 11.9 Å². The van der Waals surface area contributed by atoms with Gasteiger partial charge < -0.3 is 30.2 Å². The van der Waals surface area contributed by atoms with Gasteiger partial charge in [0.15, 0.2) is 11.5 Å². The van der Waals surface area contributed by atoms with Gasteiger partial charge in [-0.2, -0.15) is 0 Å². The number of aryl methyl sites for hydroxylation is 1. The summed E-state index contributed by atoms with van der Waals surface area (Å²) in [6.45, 7) is 5.17. The molecule has 154 valence electrons. The number of methoxy groups -OCH3 is 1. The zero-order valence-corrected chi connectivity index (χ0v) is 16.7. The average Bonchev–Trinajstić information content (AvgIpc) is 2.82. The molecule has 8 heteroatoms. The molecule has 2 aromatic carbocycles. The first kappa shape index (κ1) is 20.5. The number of hydrogen-bond donors (Lipinski definition) is 3. The van der Waals surface area contributed by atoms with E-state index in [0.717, 1.165) is 0 Å². The van der Waals surface area contributed by atoms with Gasteiger partial charge in [0.05, 0.1) is 7.11 Å². The quantitative estimate of drug-likeness (QED) is 0.514. The highest BCUT2D eigenvalue weighted by Crippen LogP contribution is 2.48. The highest BCUT2D eigenvalue weighted by Gasteiger charge is 2.34. The van der Waals surface area contributed by atoms with Crippen LogP contribution in [0.25, 0.3) is 0 Å². The molecule has 1 unspecified atom stereocenters. The van der Waals surface area contributed by atoms with Crippen molar-refractivity contribution >= 4 is 11.9 Å². The molecule has 3 rings (SSSR count). The monoisotopic (exact) mass is 401 g/mol. The molecule has 0 saturated carbocycles. The summed E-state index contributed by atoms with van der Waals surface area (Å²) in [5.74, 6) is -1.92. The van der Waals surface area contributed by atoms with Crippen LogP contribution in [0.2, 0.25) is 0 Å². The summed E-state index contributed by atoms with van der Waals surface area (Å²) in [5.41, 5.74) is 7.13. The van der Waals surface area contributed by atoms with Crippen molar-refractivity contribution in [1.29, 1.82) is 0 Å². The minimum absolute atomic E-state index is 0.0346. The molecule has 0 fully saturated rings. The molecule has 29 heavy (non-hydrogen) atoms. The lowest BCUT2D eigenvalue weighted by atomic mass is 9.96. The Balaban J connectivity index is 2.33. The third kappa shape index (κ3) is 3.47. The number of carbonyl (C=O) groups is 2. The molecular weight excluding hydrogens is 378 g/mol. The van der Waals surface area contributed by atoms with Crippen LogP contribution in [0.4, 0.5) is 0 Å². The SMILES string of the molecule is CCC(N)Cc1c(O)cc(C)c2c1Oc1c(C(=O)O)cc(OC)c(C)c1OC2=O. The van der Waals surface area contributed by atoms with Gasteiger partial charge in [0.1, 0.15) is 28.4 Å². The number of carboxylic acid groups (broad SMARTS) is 1. The van der Waals surface area contributed by atoms with E-state index in [9.17, 15) is 19.8 Å². The Morgan fingerprint density at radius 1 is 1.21 bits per heavy atom. The van der Waals surface area contributed by atoms with Crippen LogP contribution in [0, 0.1) is 13.8 Å². The van der Waals surface area contributed by atoms with Gasteiger partial charge in [0, 0.05) is 17.2 Å². The van der Waals surface area contributed by atoms with Gasteiger partial charge in [-0.1, -0.05) is 6.92 Å². The largest absolute Gasteiger partial charge is 0.508 e. The predicted octanol–water partition coefficient (Wildman–Crippen LogP) is 3.32. The molecule has 0 amide bonds. The Kier molecular flexibility index (Phi) is 5.39. The van der Waals surface area contributed by atoms with Crippen LogP contribution >= 0.6 is 0 Å². The second-order valence-corrected chi connectivity index (χ2v) is 6.97. The number of aromatic hydroxyl groups is 1. The Bertz CT molecular complexity index is 1010. The lowest BCUT2D eigenvalue weighted by molar-refractivity contribution is 0.0685. The number of phenols is 1. The molecule has 2 aromatic rings. The number of aromatic carboxylic acids is 1. The van der Waals surface area contributed by atoms with Crippen LogP contribution in [-0.2, 0) is 6.42 Å². The number of rotatable bonds is 5. The topological polar surface area (TPSA) is 128 Å². The Morgan fingerprint density at radius 3 is 2.48 bits per heavy atom. The number of nitrogens with two attached hydrogens (primary N) is 1. The molecule has 0 aliphatic carbocycles. The summed E-state index contributed by atoms with van der Waals surface area (Å²) in [5, 5.41) is 20.2. The molecule has 0 aromatic heterocycles. The first-order chi connectivity index (χ1) is 13.7. The van der Waals surface area contributed by atoms with Crippen LogP contribution < -0.4 is 19.9 Å². The van der Waals surface area contributed by atoms with Crippen molar-refractivity contribution in [3.8, 4) is 28.7 Å². The van der Waals surface area contributed by atoms with E-state index in [-0.39, 0.29) is 52.3 Å². The third-order valence-corrected chi connectivity index (χ3v) is 5.04. The number of fused-ring (bicyclic) bond motifs is 2. The zero-order chi connectivity index (χ0) is 21.5. The molecule has 1 aliphatic heterocycles. The third-order valence-electron chi connectivity index (χ3n) is 5.04. The van der Waals surface area contributed by atoms with Crippen LogP contribution in [0.15, 0.2) is 12.1 Å². The van der Waals surface area contributed by atoms with Crippen LogP contribution in [0.1, 0.15) is 50.8 Å². The minimum atomic E-state index is -1.28. The summed E-state index contributed by atoms with van der Waals surface area (Å²) in [6, 6.07) is 2.47. The number of ether oxygens (including phenoxy) is 3. The van der Waals surface area contributed by atoms with Crippen molar-refractivity contribution in [2.24, 2.45) is 5.73 Å². The number of phenolic OH excluding ortho intramolecular Hbond substituents is 1. The van der Waals surface area contributed by atoms with E-state index >= 15 is 0 Å². The van der Waals surface area contributed by atoms with Gasteiger partial charge in [0.2, 0.25) is 0 Å². The van der Waals surface area contributed by atoms with Gasteiger partial charge in [-0.15, -0.1) is 0 Å². The van der Waals surface area contributed by atoms with Crippen LogP contribution in [0.3, 0.4) is 0 Å². The number of benzene rings is 2. The molecule has 1 aliphatic rings. The van der Waals surface area contributed by atoms with Crippen molar-refractivity contribution in [3.05, 3.63) is 39.9 Å². The average molecular weight is 401 g/mol. The number of carbonyl (C=O) groups excluding carboxylic acids is 1. The number of hydrogen-bond acceptors (Lipinski definition) is 7. The molecule has 1 atom stereocenters. The first-order valence-corrected chi connectivity index (χ1v) is 9.15. The highest BCUT2D eigenvalue weighted by atomic mass is 16.6. The fraction of sp³-hybridized carbons (Fsp3) is 0.333. The van der Waals surface area contributed by atoms with Crippen molar-refractivity contribution in [2.45, 2.75) is 39.7 Å². The van der Waals surface area contributed by atoms with E-state index in [1.165, 1.54) is 19.2 Å². The van der Waals surface area contributed by atoms with Crippen LogP contribution in [0.5, 0.6) is 28.7 Å². The standard InChI is InChI=1S/C21H23NO7/c1-5-11(22)7-12-14(23)6-9(2)16-18(12)28-19-13(20(24)25)8-15(27-4)10(3)17(19)29-21(16)26/h6,8,11,23H,5,7,22H2,1-4H3,(H,24,25). The van der Waals surface area contributed by atoms with Gasteiger partial charge in [0.25, 0.3) is 0 Å². The molecule has 1 heterocycles. The number of esters is 1. The summed E-state index contributed by atoms with van der Waals surface area (Å²) in [7, 11) is 1.39. The van der Waals surface area contributed by atoms with E-state index in [4.69, 9.17) is 19.9 Å². The van der Waals surface area contributed by atoms with Crippen molar-refractivity contribution in [1.82, 2.24) is 0 Å². The molecule has 0 bridgehead atoms. The van der Waals surface area contributed by atoms with E-state index in [1.807, 2.05) is 6.92 Å². The van der Waals surface area contributed by atoms with Crippen molar-refractivity contribution in [3.63, 3.8) is 0 Å². The van der Waals surface area contributed by atoms with Crippen LogP contribution in [-0.4, -0.2) is 35.3 Å². The molecular formula is C21H23NO7. The normalized spacial score (nSPS) is 13.5.